The minimum absolute atomic E-state index is 0.678. The zero-order chi connectivity index (χ0) is 12.3. The van der Waals surface area contributed by atoms with E-state index in [1.54, 1.807) is 0 Å². The number of benzene rings is 2. The summed E-state index contributed by atoms with van der Waals surface area (Å²) in [5.74, 6) is 0.877. The van der Waals surface area contributed by atoms with Crippen molar-refractivity contribution >= 4 is 27.5 Å². The van der Waals surface area contributed by atoms with Crippen molar-refractivity contribution in [1.82, 2.24) is 0 Å². The second-order valence-corrected chi connectivity index (χ2v) is 4.90. The molecule has 0 unspecified atom stereocenters. The molecule has 0 N–H and O–H groups in total. The monoisotopic (exact) mass is 310 g/mol. The summed E-state index contributed by atoms with van der Waals surface area (Å²) in [4.78, 5) is 0. The van der Waals surface area contributed by atoms with Crippen LogP contribution in [0.2, 0.25) is 5.02 Å². The zero-order valence-electron chi connectivity index (χ0n) is 9.41. The van der Waals surface area contributed by atoms with Gasteiger partial charge in [0.1, 0.15) is 5.75 Å². The van der Waals surface area contributed by atoms with Gasteiger partial charge in [-0.1, -0.05) is 39.7 Å². The molecule has 1 nitrogen and oxygen atoms in total. The van der Waals surface area contributed by atoms with Gasteiger partial charge in [0.15, 0.2) is 0 Å². The molecule has 2 aromatic rings. The fourth-order valence-corrected chi connectivity index (χ4v) is 2.20. The molecule has 0 fully saturated rings. The van der Waals surface area contributed by atoms with Gasteiger partial charge in [-0.3, -0.25) is 0 Å². The average Bonchev–Trinajstić information content (AvgIpc) is 2.34. The van der Waals surface area contributed by atoms with Gasteiger partial charge in [0.2, 0.25) is 0 Å². The molecule has 0 saturated heterocycles. The number of ether oxygens (including phenoxy) is 1. The molecule has 2 aromatic carbocycles. The van der Waals surface area contributed by atoms with E-state index in [2.05, 4.69) is 15.9 Å². The molecule has 3 heteroatoms. The van der Waals surface area contributed by atoms with E-state index in [0.717, 1.165) is 26.4 Å². The number of halogens is 2. The lowest BCUT2D eigenvalue weighted by molar-refractivity contribution is 0.340. The molecule has 0 heterocycles. The lowest BCUT2D eigenvalue weighted by atomic mass is 10.1. The molecule has 0 amide bonds. The van der Waals surface area contributed by atoms with Crippen LogP contribution in [-0.2, 0) is 0 Å². The van der Waals surface area contributed by atoms with E-state index in [9.17, 15) is 0 Å². The van der Waals surface area contributed by atoms with Crippen molar-refractivity contribution in [1.29, 1.82) is 0 Å². The van der Waals surface area contributed by atoms with Gasteiger partial charge in [-0.25, -0.2) is 0 Å². The number of hydrogen-bond donors (Lipinski definition) is 0. The van der Waals surface area contributed by atoms with Crippen LogP contribution in [0.1, 0.15) is 6.92 Å². The third-order valence-corrected chi connectivity index (χ3v) is 3.23. The predicted molar refractivity (Wildman–Crippen MR) is 75.8 cm³/mol. The maximum atomic E-state index is 6.18. The summed E-state index contributed by atoms with van der Waals surface area (Å²) in [5, 5.41) is 0.748. The first-order chi connectivity index (χ1) is 8.20. The highest BCUT2D eigenvalue weighted by atomic mass is 79.9. The van der Waals surface area contributed by atoms with Gasteiger partial charge in [-0.05, 0) is 42.8 Å². The van der Waals surface area contributed by atoms with E-state index in [1.807, 2.05) is 49.4 Å². The molecule has 0 atom stereocenters. The Hall–Kier alpha value is -0.990. The van der Waals surface area contributed by atoms with Crippen molar-refractivity contribution in [3.63, 3.8) is 0 Å². The highest BCUT2D eigenvalue weighted by molar-refractivity contribution is 9.10. The first-order valence-corrected chi connectivity index (χ1v) is 6.56. The molecule has 17 heavy (non-hydrogen) atoms. The summed E-state index contributed by atoms with van der Waals surface area (Å²) in [7, 11) is 0. The Morgan fingerprint density at radius 3 is 2.47 bits per heavy atom. The summed E-state index contributed by atoms with van der Waals surface area (Å²) in [6.45, 7) is 2.65. The lowest BCUT2D eigenvalue weighted by Crippen LogP contribution is -1.90. The Morgan fingerprint density at radius 1 is 1.12 bits per heavy atom. The summed E-state index contributed by atoms with van der Waals surface area (Å²) in [6, 6.07) is 13.8. The van der Waals surface area contributed by atoms with Gasteiger partial charge in [-0.15, -0.1) is 0 Å². The van der Waals surface area contributed by atoms with Crippen molar-refractivity contribution in [2.24, 2.45) is 0 Å². The summed E-state index contributed by atoms with van der Waals surface area (Å²) in [6.07, 6.45) is 0. The maximum Gasteiger partial charge on any atom is 0.119 e. The Labute approximate surface area is 115 Å². The molecule has 88 valence electrons. The van der Waals surface area contributed by atoms with Gasteiger partial charge >= 0.3 is 0 Å². The van der Waals surface area contributed by atoms with E-state index in [-0.39, 0.29) is 0 Å². The Balaban J connectivity index is 2.36. The smallest absolute Gasteiger partial charge is 0.119 e. The fourth-order valence-electron chi connectivity index (χ4n) is 1.62. The molecule has 0 spiro atoms. The predicted octanol–water partition coefficient (Wildman–Crippen LogP) is 5.17. The van der Waals surface area contributed by atoms with Crippen LogP contribution in [0.15, 0.2) is 46.9 Å². The lowest BCUT2D eigenvalue weighted by Gasteiger charge is -2.07. The van der Waals surface area contributed by atoms with Crippen LogP contribution in [0.5, 0.6) is 5.75 Å². The molecule has 0 aliphatic heterocycles. The minimum Gasteiger partial charge on any atom is -0.494 e. The standard InChI is InChI=1S/C14H12BrClO/c1-2-17-12-6-3-10(4-7-12)13-9-11(15)5-8-14(13)16/h3-9H,2H2,1H3. The normalized spacial score (nSPS) is 10.3. The van der Waals surface area contributed by atoms with Gasteiger partial charge < -0.3 is 4.74 Å². The van der Waals surface area contributed by atoms with Crippen LogP contribution in [0, 0.1) is 0 Å². The van der Waals surface area contributed by atoms with Crippen molar-refractivity contribution in [2.75, 3.05) is 6.61 Å². The molecular weight excluding hydrogens is 300 g/mol. The number of hydrogen-bond acceptors (Lipinski definition) is 1. The first-order valence-electron chi connectivity index (χ1n) is 5.39. The van der Waals surface area contributed by atoms with Crippen LogP contribution < -0.4 is 4.74 Å². The van der Waals surface area contributed by atoms with E-state index < -0.39 is 0 Å². The number of rotatable bonds is 3. The molecule has 0 aromatic heterocycles. The Kier molecular flexibility index (Phi) is 4.08. The van der Waals surface area contributed by atoms with E-state index in [1.165, 1.54) is 0 Å². The molecule has 2 rings (SSSR count). The Morgan fingerprint density at radius 2 is 1.82 bits per heavy atom. The molecule has 0 bridgehead atoms. The first kappa shape index (κ1) is 12.5. The maximum absolute atomic E-state index is 6.18. The zero-order valence-corrected chi connectivity index (χ0v) is 11.8. The third kappa shape index (κ3) is 3.02. The summed E-state index contributed by atoms with van der Waals surface area (Å²) >= 11 is 9.63. The van der Waals surface area contributed by atoms with E-state index >= 15 is 0 Å². The minimum atomic E-state index is 0.678. The molecule has 0 aliphatic carbocycles. The molecule has 0 aliphatic rings. The molecule has 0 saturated carbocycles. The van der Waals surface area contributed by atoms with Crippen LogP contribution in [0.25, 0.3) is 11.1 Å². The largest absolute Gasteiger partial charge is 0.494 e. The van der Waals surface area contributed by atoms with Gasteiger partial charge in [0, 0.05) is 15.1 Å². The summed E-state index contributed by atoms with van der Waals surface area (Å²) in [5.41, 5.74) is 2.10. The van der Waals surface area contributed by atoms with Crippen molar-refractivity contribution < 1.29 is 4.74 Å². The van der Waals surface area contributed by atoms with Gasteiger partial charge in [0.25, 0.3) is 0 Å². The highest BCUT2D eigenvalue weighted by Crippen LogP contribution is 2.31. The highest BCUT2D eigenvalue weighted by Gasteiger charge is 2.04. The van der Waals surface area contributed by atoms with Crippen molar-refractivity contribution in [3.05, 3.63) is 52.0 Å². The van der Waals surface area contributed by atoms with Crippen LogP contribution in [0.3, 0.4) is 0 Å². The van der Waals surface area contributed by atoms with Crippen LogP contribution in [-0.4, -0.2) is 6.61 Å². The van der Waals surface area contributed by atoms with Gasteiger partial charge in [-0.2, -0.15) is 0 Å². The quantitative estimate of drug-likeness (QED) is 0.760. The second-order valence-electron chi connectivity index (χ2n) is 3.58. The van der Waals surface area contributed by atoms with Crippen LogP contribution in [0.4, 0.5) is 0 Å². The van der Waals surface area contributed by atoms with Crippen molar-refractivity contribution in [3.8, 4) is 16.9 Å². The SMILES string of the molecule is CCOc1ccc(-c2cc(Br)ccc2Cl)cc1. The van der Waals surface area contributed by atoms with Crippen molar-refractivity contribution in [2.45, 2.75) is 6.92 Å². The van der Waals surface area contributed by atoms with E-state index in [0.29, 0.717) is 6.61 Å². The topological polar surface area (TPSA) is 9.23 Å². The fraction of sp³-hybridized carbons (Fsp3) is 0.143. The average molecular weight is 312 g/mol. The molecular formula is C14H12BrClO. The third-order valence-electron chi connectivity index (χ3n) is 2.40. The second kappa shape index (κ2) is 5.56. The summed E-state index contributed by atoms with van der Waals surface area (Å²) < 4.78 is 6.43. The molecule has 0 radical (unpaired) electrons. The van der Waals surface area contributed by atoms with Gasteiger partial charge in [0.05, 0.1) is 6.61 Å². The van der Waals surface area contributed by atoms with E-state index in [4.69, 9.17) is 16.3 Å². The Bertz CT molecular complexity index is 508. The van der Waals surface area contributed by atoms with Crippen LogP contribution >= 0.6 is 27.5 Å².